The Labute approximate surface area is 150 Å². The van der Waals surface area contributed by atoms with Crippen LogP contribution in [-0.4, -0.2) is 11.7 Å². The van der Waals surface area contributed by atoms with E-state index < -0.39 is 0 Å². The minimum atomic E-state index is -0.0961. The Morgan fingerprint density at radius 1 is 0.920 bits per heavy atom. The Morgan fingerprint density at radius 3 is 2.44 bits per heavy atom. The molecule has 0 unspecified atom stereocenters. The van der Waals surface area contributed by atoms with Gasteiger partial charge in [0.05, 0.1) is 4.88 Å². The molecule has 0 bridgehead atoms. The van der Waals surface area contributed by atoms with E-state index in [4.69, 9.17) is 0 Å². The first-order valence-electron chi connectivity index (χ1n) is 8.31. The van der Waals surface area contributed by atoms with E-state index in [-0.39, 0.29) is 11.7 Å². The molecule has 0 atom stereocenters. The molecule has 1 N–H and O–H groups in total. The second-order valence-electron chi connectivity index (χ2n) is 6.21. The van der Waals surface area contributed by atoms with Crippen LogP contribution in [0.1, 0.15) is 49.9 Å². The Hall–Kier alpha value is -2.72. The predicted molar refractivity (Wildman–Crippen MR) is 101 cm³/mol. The highest BCUT2D eigenvalue weighted by Gasteiger charge is 2.28. The van der Waals surface area contributed by atoms with Gasteiger partial charge < -0.3 is 5.32 Å². The van der Waals surface area contributed by atoms with Crippen molar-refractivity contribution in [2.24, 2.45) is 0 Å². The maximum atomic E-state index is 12.6. The first-order valence-corrected chi connectivity index (χ1v) is 9.19. The zero-order chi connectivity index (χ0) is 17.2. The lowest BCUT2D eigenvalue weighted by atomic mass is 10.0. The number of ketones is 1. The third-order valence-electron chi connectivity index (χ3n) is 4.34. The summed E-state index contributed by atoms with van der Waals surface area (Å²) in [5.41, 5.74) is 3.00. The Morgan fingerprint density at radius 2 is 1.68 bits per heavy atom. The Bertz CT molecular complexity index is 926. The molecule has 3 aromatic rings. The van der Waals surface area contributed by atoms with E-state index in [0.29, 0.717) is 22.7 Å². The van der Waals surface area contributed by atoms with Crippen molar-refractivity contribution in [1.82, 2.24) is 0 Å². The zero-order valence-electron chi connectivity index (χ0n) is 13.6. The molecular weight excluding hydrogens is 330 g/mol. The molecule has 0 saturated heterocycles. The molecule has 2 aromatic carbocycles. The van der Waals surface area contributed by atoms with Crippen LogP contribution in [-0.2, 0) is 0 Å². The lowest BCUT2D eigenvalue weighted by Crippen LogP contribution is -2.12. The molecular formula is C21H17NO2S. The zero-order valence-corrected chi connectivity index (χ0v) is 14.4. The van der Waals surface area contributed by atoms with E-state index in [9.17, 15) is 9.59 Å². The van der Waals surface area contributed by atoms with Gasteiger partial charge in [-0.05, 0) is 47.9 Å². The number of carbonyl (C=O) groups excluding carboxylic acids is 2. The minimum Gasteiger partial charge on any atom is -0.321 e. The number of amides is 1. The molecule has 1 fully saturated rings. The quantitative estimate of drug-likeness (QED) is 0.652. The molecule has 4 rings (SSSR count). The first-order chi connectivity index (χ1) is 12.2. The Balaban J connectivity index is 1.54. The average molecular weight is 347 g/mol. The van der Waals surface area contributed by atoms with Crippen LogP contribution in [0.5, 0.6) is 0 Å². The molecule has 3 nitrogen and oxygen atoms in total. The van der Waals surface area contributed by atoms with Crippen molar-refractivity contribution in [1.29, 1.82) is 0 Å². The molecule has 1 aromatic heterocycles. The predicted octanol–water partition coefficient (Wildman–Crippen LogP) is 5.11. The van der Waals surface area contributed by atoms with Crippen molar-refractivity contribution in [2.45, 2.75) is 18.8 Å². The smallest absolute Gasteiger partial charge is 0.266 e. The number of hydrogen-bond acceptors (Lipinski definition) is 3. The summed E-state index contributed by atoms with van der Waals surface area (Å²) < 4.78 is 0. The van der Waals surface area contributed by atoms with Gasteiger partial charge in [-0.15, -0.1) is 11.3 Å². The summed E-state index contributed by atoms with van der Waals surface area (Å²) in [6.07, 6.45) is 2.33. The van der Waals surface area contributed by atoms with Crippen molar-refractivity contribution in [3.63, 3.8) is 0 Å². The van der Waals surface area contributed by atoms with Gasteiger partial charge in [-0.2, -0.15) is 0 Å². The molecule has 124 valence electrons. The molecule has 0 radical (unpaired) electrons. The second-order valence-corrected chi connectivity index (χ2v) is 7.13. The van der Waals surface area contributed by atoms with Crippen LogP contribution >= 0.6 is 11.3 Å². The van der Waals surface area contributed by atoms with E-state index in [1.165, 1.54) is 11.3 Å². The molecule has 1 heterocycles. The number of carbonyl (C=O) groups is 2. The van der Waals surface area contributed by atoms with Gasteiger partial charge in [0.25, 0.3) is 5.91 Å². The van der Waals surface area contributed by atoms with Crippen molar-refractivity contribution >= 4 is 28.7 Å². The third-order valence-corrected chi connectivity index (χ3v) is 5.27. The van der Waals surface area contributed by atoms with E-state index >= 15 is 0 Å². The van der Waals surface area contributed by atoms with Gasteiger partial charge in [0, 0.05) is 16.8 Å². The van der Waals surface area contributed by atoms with Crippen molar-refractivity contribution in [2.75, 3.05) is 5.32 Å². The lowest BCUT2D eigenvalue weighted by Gasteiger charge is -2.08. The monoisotopic (exact) mass is 347 g/mol. The van der Waals surface area contributed by atoms with Gasteiger partial charge in [0.1, 0.15) is 0 Å². The van der Waals surface area contributed by atoms with Crippen LogP contribution in [0.25, 0.3) is 0 Å². The van der Waals surface area contributed by atoms with Crippen LogP contribution < -0.4 is 5.32 Å². The first kappa shape index (κ1) is 15.8. The van der Waals surface area contributed by atoms with E-state index in [1.807, 2.05) is 35.7 Å². The van der Waals surface area contributed by atoms with Gasteiger partial charge >= 0.3 is 0 Å². The van der Waals surface area contributed by atoms with E-state index in [1.54, 1.807) is 30.3 Å². The van der Waals surface area contributed by atoms with Crippen molar-refractivity contribution < 1.29 is 9.59 Å². The largest absolute Gasteiger partial charge is 0.321 e. The van der Waals surface area contributed by atoms with Gasteiger partial charge in [-0.3, -0.25) is 9.59 Å². The normalized spacial score (nSPS) is 13.4. The van der Waals surface area contributed by atoms with E-state index in [2.05, 4.69) is 5.32 Å². The van der Waals surface area contributed by atoms with Gasteiger partial charge in [-0.1, -0.05) is 42.5 Å². The summed E-state index contributed by atoms with van der Waals surface area (Å²) >= 11 is 1.47. The van der Waals surface area contributed by atoms with Gasteiger partial charge in [-0.25, -0.2) is 0 Å². The summed E-state index contributed by atoms with van der Waals surface area (Å²) in [5.74, 6) is 0.394. The average Bonchev–Trinajstić information content (AvgIpc) is 3.38. The lowest BCUT2D eigenvalue weighted by molar-refractivity contribution is 0.102. The van der Waals surface area contributed by atoms with Gasteiger partial charge in [0.2, 0.25) is 0 Å². The van der Waals surface area contributed by atoms with Crippen molar-refractivity contribution in [3.8, 4) is 0 Å². The maximum Gasteiger partial charge on any atom is 0.266 e. The minimum absolute atomic E-state index is 0.0495. The molecule has 0 spiro atoms. The molecule has 1 aliphatic carbocycles. The van der Waals surface area contributed by atoms with Crippen LogP contribution in [0, 0.1) is 0 Å². The number of hydrogen-bond donors (Lipinski definition) is 1. The number of thiophene rings is 1. The fraction of sp³-hybridized carbons (Fsp3) is 0.143. The summed E-state index contributed by atoms with van der Waals surface area (Å²) in [6.45, 7) is 0. The summed E-state index contributed by atoms with van der Waals surface area (Å²) in [4.78, 5) is 25.9. The molecule has 1 amide bonds. The topological polar surface area (TPSA) is 46.2 Å². The molecule has 1 aliphatic rings. The summed E-state index contributed by atoms with van der Waals surface area (Å²) in [5, 5.41) is 4.90. The van der Waals surface area contributed by atoms with E-state index in [0.717, 1.165) is 23.3 Å². The van der Waals surface area contributed by atoms with Crippen LogP contribution in [0.4, 0.5) is 5.69 Å². The van der Waals surface area contributed by atoms with Gasteiger partial charge in [0.15, 0.2) is 5.78 Å². The molecule has 0 aliphatic heterocycles. The highest BCUT2D eigenvalue weighted by molar-refractivity contribution is 7.12. The highest BCUT2D eigenvalue weighted by Crippen LogP contribution is 2.43. The Kier molecular flexibility index (Phi) is 4.20. The SMILES string of the molecule is O=C(c1ccccc1)c1cccc(NC(=O)c2sccc2C2CC2)c1. The van der Waals surface area contributed by atoms with Crippen LogP contribution in [0.3, 0.4) is 0 Å². The number of anilines is 1. The fourth-order valence-electron chi connectivity index (χ4n) is 2.90. The number of rotatable bonds is 5. The summed E-state index contributed by atoms with van der Waals surface area (Å²) in [7, 11) is 0. The third kappa shape index (κ3) is 3.39. The fourth-order valence-corrected chi connectivity index (χ4v) is 3.78. The molecule has 1 saturated carbocycles. The maximum absolute atomic E-state index is 12.6. The van der Waals surface area contributed by atoms with Crippen LogP contribution in [0.2, 0.25) is 0 Å². The highest BCUT2D eigenvalue weighted by atomic mass is 32.1. The summed E-state index contributed by atoms with van der Waals surface area (Å²) in [6, 6.07) is 18.3. The number of benzene rings is 2. The number of nitrogens with one attached hydrogen (secondary N) is 1. The van der Waals surface area contributed by atoms with Crippen molar-refractivity contribution in [3.05, 3.63) is 87.6 Å². The van der Waals surface area contributed by atoms with Crippen LogP contribution in [0.15, 0.2) is 66.0 Å². The standard InChI is InChI=1S/C21H17NO2S/c23-19(15-5-2-1-3-6-15)16-7-4-8-17(13-16)22-21(24)20-18(11-12-25-20)14-9-10-14/h1-8,11-14H,9-10H2,(H,22,24). The molecule has 4 heteroatoms. The second kappa shape index (κ2) is 6.65. The molecule has 25 heavy (non-hydrogen) atoms.